The monoisotopic (exact) mass is 151 g/mol. The van der Waals surface area contributed by atoms with Gasteiger partial charge in [0.2, 0.25) is 0 Å². The molecule has 0 aliphatic rings. The number of rotatable bonds is 2. The normalized spacial score (nSPS) is 9.73. The van der Waals surface area contributed by atoms with Crippen molar-refractivity contribution in [2.24, 2.45) is 0 Å². The number of hydrogen-bond acceptors (Lipinski definition) is 0. The fourth-order valence-corrected chi connectivity index (χ4v) is 0.939. The first kappa shape index (κ1) is 8.12. The van der Waals surface area contributed by atoms with E-state index in [0.717, 1.165) is 12.0 Å². The summed E-state index contributed by atoms with van der Waals surface area (Å²) < 4.78 is 12.4. The highest BCUT2D eigenvalue weighted by Gasteiger charge is 2.09. The summed E-state index contributed by atoms with van der Waals surface area (Å²) in [5.74, 6) is 1.13. The number of benzene rings is 1. The van der Waals surface area contributed by atoms with E-state index in [1.165, 1.54) is 18.1 Å². The topological polar surface area (TPSA) is 0 Å². The summed E-state index contributed by atoms with van der Waals surface area (Å²) >= 11 is 0. The Kier molecular flexibility index (Phi) is 2.53. The van der Waals surface area contributed by atoms with Gasteiger partial charge in [-0.05, 0) is 6.92 Å². The average Bonchev–Trinajstić information content (AvgIpc) is 2.05. The molecule has 0 aromatic heterocycles. The molecule has 58 valence electrons. The van der Waals surface area contributed by atoms with Crippen molar-refractivity contribution in [2.75, 3.05) is 0 Å². The van der Waals surface area contributed by atoms with E-state index in [1.807, 2.05) is 12.1 Å². The predicted octanol–water partition coefficient (Wildman–Crippen LogP) is 3.18. The third-order valence-electron chi connectivity index (χ3n) is 1.87. The summed E-state index contributed by atoms with van der Waals surface area (Å²) in [6.07, 6.45) is 1.02. The van der Waals surface area contributed by atoms with E-state index >= 15 is 0 Å². The molecule has 0 amide bonds. The largest absolute Gasteiger partial charge is 0.204 e. The molecule has 0 atom stereocenters. The first-order valence-electron chi connectivity index (χ1n) is 3.82. The second kappa shape index (κ2) is 3.42. The lowest BCUT2D eigenvalue weighted by atomic mass is 9.99. The second-order valence-corrected chi connectivity index (χ2v) is 2.64. The third kappa shape index (κ3) is 1.97. The summed E-state index contributed by atoms with van der Waals surface area (Å²) in [6, 6.07) is 6.62. The zero-order chi connectivity index (χ0) is 8.27. The molecular weight excluding hydrogens is 139 g/mol. The smallest absolute Gasteiger partial charge is 0.149 e. The summed E-state index contributed by atoms with van der Waals surface area (Å²) in [4.78, 5) is 0. The molecule has 0 nitrogen and oxygen atoms in total. The van der Waals surface area contributed by atoms with Crippen LogP contribution in [0.3, 0.4) is 0 Å². The maximum absolute atomic E-state index is 12.4. The van der Waals surface area contributed by atoms with Gasteiger partial charge in [-0.25, -0.2) is 4.39 Å². The van der Waals surface area contributed by atoms with Gasteiger partial charge in [-0.2, -0.15) is 0 Å². The Morgan fingerprint density at radius 3 is 2.27 bits per heavy atom. The highest BCUT2D eigenvalue weighted by Crippen LogP contribution is 2.16. The molecule has 1 heteroatoms. The van der Waals surface area contributed by atoms with Gasteiger partial charge >= 0.3 is 0 Å². The van der Waals surface area contributed by atoms with Gasteiger partial charge in [0.25, 0.3) is 0 Å². The van der Waals surface area contributed by atoms with Gasteiger partial charge in [-0.3, -0.25) is 0 Å². The van der Waals surface area contributed by atoms with Crippen LogP contribution in [0, 0.1) is 11.7 Å². The van der Waals surface area contributed by atoms with Crippen molar-refractivity contribution in [1.29, 1.82) is 0 Å². The molecule has 0 aliphatic heterocycles. The Morgan fingerprint density at radius 2 is 1.82 bits per heavy atom. The van der Waals surface area contributed by atoms with Crippen molar-refractivity contribution in [3.63, 3.8) is 0 Å². The molecule has 1 rings (SSSR count). The Labute approximate surface area is 67.1 Å². The van der Waals surface area contributed by atoms with Gasteiger partial charge in [-0.15, -0.1) is 0 Å². The summed E-state index contributed by atoms with van der Waals surface area (Å²) in [5.41, 5.74) is 1.13. The van der Waals surface area contributed by atoms with E-state index in [4.69, 9.17) is 0 Å². The minimum absolute atomic E-state index is 0.169. The molecule has 0 unspecified atom stereocenters. The fourth-order valence-electron chi connectivity index (χ4n) is 0.939. The summed E-state index contributed by atoms with van der Waals surface area (Å²) in [5, 5.41) is 0. The molecule has 0 radical (unpaired) electrons. The highest BCUT2D eigenvalue weighted by atomic mass is 19.1. The van der Waals surface area contributed by atoms with Gasteiger partial charge in [-0.1, -0.05) is 0 Å². The van der Waals surface area contributed by atoms with Gasteiger partial charge in [0.05, 0.1) is 0 Å². The van der Waals surface area contributed by atoms with Crippen LogP contribution in [0.5, 0.6) is 0 Å². The molecule has 0 N–H and O–H groups in total. The standard InChI is InChI=1S/C10H12F/c1-3-8(2)9-4-6-10(11)7-5-9/h4-7H,3H2,1-2H3/q+1. The lowest BCUT2D eigenvalue weighted by Gasteiger charge is -1.98. The Bertz CT molecular complexity index is 213. The SMILES string of the molecule is CC[C+](C)c1ccc(F)cc1. The van der Waals surface area contributed by atoms with Crippen LogP contribution in [0.25, 0.3) is 0 Å². The van der Waals surface area contributed by atoms with Gasteiger partial charge in [0.15, 0.2) is 0 Å². The molecule has 0 heterocycles. The van der Waals surface area contributed by atoms with Crippen LogP contribution in [0.4, 0.5) is 4.39 Å². The summed E-state index contributed by atoms with van der Waals surface area (Å²) in [7, 11) is 0. The van der Waals surface area contributed by atoms with Crippen LogP contribution in [-0.4, -0.2) is 0 Å². The fraction of sp³-hybridized carbons (Fsp3) is 0.300. The van der Waals surface area contributed by atoms with Crippen LogP contribution in [0.15, 0.2) is 24.3 Å². The molecule has 1 aromatic carbocycles. The molecule has 0 aliphatic carbocycles. The van der Waals surface area contributed by atoms with Crippen molar-refractivity contribution in [3.05, 3.63) is 41.6 Å². The summed E-state index contributed by atoms with van der Waals surface area (Å²) in [6.45, 7) is 4.16. The third-order valence-corrected chi connectivity index (χ3v) is 1.87. The molecule has 0 saturated carbocycles. The first-order chi connectivity index (χ1) is 5.24. The molecule has 0 bridgehead atoms. The van der Waals surface area contributed by atoms with Crippen molar-refractivity contribution < 1.29 is 4.39 Å². The molecule has 0 saturated heterocycles. The first-order valence-corrected chi connectivity index (χ1v) is 3.82. The Balaban J connectivity index is 2.81. The van der Waals surface area contributed by atoms with E-state index in [2.05, 4.69) is 13.8 Å². The minimum Gasteiger partial charge on any atom is -0.204 e. The van der Waals surface area contributed by atoms with Gasteiger partial charge < -0.3 is 0 Å². The highest BCUT2D eigenvalue weighted by molar-refractivity contribution is 5.28. The zero-order valence-electron chi connectivity index (χ0n) is 6.89. The molecule has 11 heavy (non-hydrogen) atoms. The van der Waals surface area contributed by atoms with Crippen LogP contribution >= 0.6 is 0 Å². The van der Waals surface area contributed by atoms with Gasteiger partial charge in [0, 0.05) is 43.5 Å². The zero-order valence-corrected chi connectivity index (χ0v) is 6.89. The lowest BCUT2D eigenvalue weighted by Crippen LogP contribution is -1.91. The second-order valence-electron chi connectivity index (χ2n) is 2.64. The van der Waals surface area contributed by atoms with Gasteiger partial charge in [0.1, 0.15) is 11.4 Å². The maximum Gasteiger partial charge on any atom is 0.149 e. The van der Waals surface area contributed by atoms with E-state index in [0.29, 0.717) is 0 Å². The molecule has 0 spiro atoms. The lowest BCUT2D eigenvalue weighted by molar-refractivity contribution is 0.627. The molecular formula is C10H12F+. The van der Waals surface area contributed by atoms with Crippen molar-refractivity contribution in [3.8, 4) is 0 Å². The Hall–Kier alpha value is -0.980. The maximum atomic E-state index is 12.4. The van der Waals surface area contributed by atoms with Crippen molar-refractivity contribution in [2.45, 2.75) is 20.3 Å². The van der Waals surface area contributed by atoms with E-state index in [9.17, 15) is 4.39 Å². The molecule has 0 fully saturated rings. The van der Waals surface area contributed by atoms with E-state index in [1.54, 1.807) is 0 Å². The molecule has 1 aromatic rings. The average molecular weight is 151 g/mol. The van der Waals surface area contributed by atoms with Crippen LogP contribution in [-0.2, 0) is 0 Å². The number of hydrogen-bond donors (Lipinski definition) is 0. The Morgan fingerprint density at radius 1 is 1.27 bits per heavy atom. The van der Waals surface area contributed by atoms with Crippen molar-refractivity contribution in [1.82, 2.24) is 0 Å². The van der Waals surface area contributed by atoms with Crippen LogP contribution < -0.4 is 0 Å². The minimum atomic E-state index is -0.169. The van der Waals surface area contributed by atoms with E-state index < -0.39 is 0 Å². The van der Waals surface area contributed by atoms with Crippen LogP contribution in [0.2, 0.25) is 0 Å². The quantitative estimate of drug-likeness (QED) is 0.569. The predicted molar refractivity (Wildman–Crippen MR) is 44.7 cm³/mol. The van der Waals surface area contributed by atoms with Crippen molar-refractivity contribution >= 4 is 0 Å². The van der Waals surface area contributed by atoms with E-state index in [-0.39, 0.29) is 5.82 Å². The van der Waals surface area contributed by atoms with Crippen LogP contribution in [0.1, 0.15) is 25.8 Å². The number of halogens is 1.